The molecule has 0 radical (unpaired) electrons. The van der Waals surface area contributed by atoms with E-state index in [2.05, 4.69) is 5.32 Å². The van der Waals surface area contributed by atoms with E-state index in [1.54, 1.807) is 0 Å². The van der Waals surface area contributed by atoms with Crippen molar-refractivity contribution in [1.29, 1.82) is 0 Å². The monoisotopic (exact) mass is 437 g/mol. The summed E-state index contributed by atoms with van der Waals surface area (Å²) < 4.78 is 89.1. The molecule has 0 bridgehead atoms. The summed E-state index contributed by atoms with van der Waals surface area (Å²) in [5, 5.41) is 4.05. The van der Waals surface area contributed by atoms with Gasteiger partial charge in [0.05, 0.1) is 22.6 Å². The second-order valence-electron chi connectivity index (χ2n) is 5.54. The Kier molecular flexibility index (Phi) is 6.11. The van der Waals surface area contributed by atoms with E-state index < -0.39 is 61.6 Å². The third-order valence-electron chi connectivity index (χ3n) is 3.34. The number of halogens is 5. The molecule has 0 saturated heterocycles. The lowest BCUT2D eigenvalue weighted by atomic mass is 10.1. The fourth-order valence-corrected chi connectivity index (χ4v) is 2.68. The van der Waals surface area contributed by atoms with E-state index >= 15 is 0 Å². The van der Waals surface area contributed by atoms with Gasteiger partial charge in [0.15, 0.2) is 0 Å². The van der Waals surface area contributed by atoms with Gasteiger partial charge in [-0.1, -0.05) is 12.1 Å². The Hall–Kier alpha value is -3.22. The summed E-state index contributed by atoms with van der Waals surface area (Å²) in [4.78, 5) is 23.4. The number of sulfonamides is 1. The second kappa shape index (κ2) is 8.03. The van der Waals surface area contributed by atoms with Gasteiger partial charge in [-0.3, -0.25) is 14.3 Å². The Balaban J connectivity index is 2.37. The number of para-hydroxylation sites is 1. The molecule has 156 valence electrons. The quantitative estimate of drug-likeness (QED) is 0.624. The molecule has 0 heterocycles. The van der Waals surface area contributed by atoms with Crippen molar-refractivity contribution < 1.29 is 40.0 Å². The highest BCUT2D eigenvalue weighted by atomic mass is 32.2. The van der Waals surface area contributed by atoms with E-state index in [-0.39, 0.29) is 0 Å². The van der Waals surface area contributed by atoms with E-state index in [9.17, 15) is 40.0 Å². The van der Waals surface area contributed by atoms with Gasteiger partial charge in [-0.2, -0.15) is 21.6 Å². The first-order chi connectivity index (χ1) is 13.3. The van der Waals surface area contributed by atoms with Gasteiger partial charge in [-0.25, -0.2) is 8.78 Å². The number of hydrogen-bond donors (Lipinski definition) is 3. The zero-order valence-corrected chi connectivity index (χ0v) is 15.2. The van der Waals surface area contributed by atoms with Crippen LogP contribution in [0.15, 0.2) is 36.4 Å². The fraction of sp³-hybridized carbons (Fsp3) is 0.125. The highest BCUT2D eigenvalue weighted by molar-refractivity contribution is 7.93. The fourth-order valence-electron chi connectivity index (χ4n) is 2.09. The Morgan fingerprint density at radius 1 is 0.897 bits per heavy atom. The van der Waals surface area contributed by atoms with E-state index in [0.29, 0.717) is 6.07 Å². The van der Waals surface area contributed by atoms with E-state index in [4.69, 9.17) is 0 Å². The predicted octanol–water partition coefficient (Wildman–Crippen LogP) is 3.44. The smallest absolute Gasteiger partial charge is 0.324 e. The third kappa shape index (κ3) is 5.19. The predicted molar refractivity (Wildman–Crippen MR) is 93.7 cm³/mol. The van der Waals surface area contributed by atoms with Gasteiger partial charge < -0.3 is 10.6 Å². The van der Waals surface area contributed by atoms with Crippen LogP contribution in [0.25, 0.3) is 0 Å². The van der Waals surface area contributed by atoms with Gasteiger partial charge in [-0.15, -0.1) is 0 Å². The van der Waals surface area contributed by atoms with Gasteiger partial charge in [0.1, 0.15) is 11.6 Å². The van der Waals surface area contributed by atoms with Crippen molar-refractivity contribution in [2.75, 3.05) is 15.4 Å². The Morgan fingerprint density at radius 2 is 1.45 bits per heavy atom. The molecule has 3 N–H and O–H groups in total. The Bertz CT molecular complexity index is 1070. The number of rotatable bonds is 5. The zero-order chi connectivity index (χ0) is 22.0. The molecular weight excluding hydrogens is 425 g/mol. The summed E-state index contributed by atoms with van der Waals surface area (Å²) in [5.74, 6) is -4.24. The first kappa shape index (κ1) is 22.1. The molecule has 0 aliphatic heterocycles. The van der Waals surface area contributed by atoms with Gasteiger partial charge in [0, 0.05) is 13.0 Å². The van der Waals surface area contributed by atoms with Crippen LogP contribution in [-0.2, 0) is 14.8 Å². The molecule has 0 saturated carbocycles. The van der Waals surface area contributed by atoms with Crippen LogP contribution in [0, 0.1) is 11.6 Å². The first-order valence-corrected chi connectivity index (χ1v) is 9.06. The van der Waals surface area contributed by atoms with Gasteiger partial charge >= 0.3 is 15.5 Å². The molecule has 0 fully saturated rings. The molecule has 0 aliphatic rings. The van der Waals surface area contributed by atoms with Crippen LogP contribution in [0.1, 0.15) is 17.3 Å². The van der Waals surface area contributed by atoms with Crippen molar-refractivity contribution in [2.45, 2.75) is 12.4 Å². The van der Waals surface area contributed by atoms with E-state index in [1.165, 1.54) is 16.9 Å². The topological polar surface area (TPSA) is 104 Å². The average molecular weight is 437 g/mol. The Labute approximate surface area is 161 Å². The maximum Gasteiger partial charge on any atom is 0.516 e. The maximum atomic E-state index is 13.9. The molecular formula is C16H12F5N3O4S. The average Bonchev–Trinajstić information content (AvgIpc) is 2.57. The largest absolute Gasteiger partial charge is 0.516 e. The lowest BCUT2D eigenvalue weighted by Crippen LogP contribution is -2.31. The molecule has 2 aromatic carbocycles. The Morgan fingerprint density at radius 3 is 2.00 bits per heavy atom. The summed E-state index contributed by atoms with van der Waals surface area (Å²) in [6, 6.07) is 5.40. The molecule has 0 atom stereocenters. The minimum absolute atomic E-state index is 0.374. The number of carbonyl (C=O) groups is 2. The first-order valence-electron chi connectivity index (χ1n) is 7.58. The summed E-state index contributed by atoms with van der Waals surface area (Å²) in [6.45, 7) is 1.06. The molecule has 29 heavy (non-hydrogen) atoms. The highest BCUT2D eigenvalue weighted by Crippen LogP contribution is 2.28. The molecule has 0 aliphatic carbocycles. The summed E-state index contributed by atoms with van der Waals surface area (Å²) in [7, 11) is -5.81. The van der Waals surface area contributed by atoms with Crippen LogP contribution in [0.3, 0.4) is 0 Å². The number of nitrogens with one attached hydrogen (secondary N) is 3. The van der Waals surface area contributed by atoms with Crippen LogP contribution in [-0.4, -0.2) is 25.7 Å². The van der Waals surface area contributed by atoms with Crippen LogP contribution in [0.2, 0.25) is 0 Å². The van der Waals surface area contributed by atoms with Crippen molar-refractivity contribution in [3.8, 4) is 0 Å². The summed E-state index contributed by atoms with van der Waals surface area (Å²) >= 11 is 0. The SMILES string of the molecule is CC(=O)Nc1cc(NC(=O)c2ccccc2NS(=O)(=O)C(F)(F)F)c(F)cc1F. The molecule has 0 unspecified atom stereocenters. The number of hydrogen-bond acceptors (Lipinski definition) is 4. The maximum absolute atomic E-state index is 13.9. The molecule has 0 spiro atoms. The minimum atomic E-state index is -5.81. The number of benzene rings is 2. The lowest BCUT2D eigenvalue weighted by molar-refractivity contribution is -0.114. The van der Waals surface area contributed by atoms with Crippen molar-refractivity contribution in [3.63, 3.8) is 0 Å². The van der Waals surface area contributed by atoms with Crippen LogP contribution < -0.4 is 15.4 Å². The van der Waals surface area contributed by atoms with Crippen molar-refractivity contribution in [2.24, 2.45) is 0 Å². The van der Waals surface area contributed by atoms with Gasteiger partial charge in [0.2, 0.25) is 5.91 Å². The molecule has 2 amide bonds. The van der Waals surface area contributed by atoms with Crippen molar-refractivity contribution >= 4 is 38.9 Å². The minimum Gasteiger partial charge on any atom is -0.324 e. The summed E-state index contributed by atoms with van der Waals surface area (Å²) in [6.07, 6.45) is 0. The standard InChI is InChI=1S/C16H12F5N3O4S/c1-8(25)22-13-7-14(11(18)6-10(13)17)23-15(26)9-4-2-3-5-12(9)24-29(27,28)16(19,20)21/h2-7,24H,1H3,(H,22,25)(H,23,26). The molecule has 2 rings (SSSR count). The lowest BCUT2D eigenvalue weighted by Gasteiger charge is -2.15. The number of alkyl halides is 3. The normalized spacial score (nSPS) is 11.7. The van der Waals surface area contributed by atoms with E-state index in [0.717, 1.165) is 25.1 Å². The molecule has 7 nitrogen and oxygen atoms in total. The van der Waals surface area contributed by atoms with Crippen LogP contribution >= 0.6 is 0 Å². The molecule has 0 aromatic heterocycles. The van der Waals surface area contributed by atoms with Crippen molar-refractivity contribution in [3.05, 3.63) is 53.6 Å². The second-order valence-corrected chi connectivity index (χ2v) is 7.22. The van der Waals surface area contributed by atoms with Crippen LogP contribution in [0.5, 0.6) is 0 Å². The number of anilines is 3. The molecule has 2 aromatic rings. The number of carbonyl (C=O) groups excluding carboxylic acids is 2. The van der Waals surface area contributed by atoms with E-state index in [1.807, 2.05) is 5.32 Å². The van der Waals surface area contributed by atoms with Crippen molar-refractivity contribution in [1.82, 2.24) is 0 Å². The number of amides is 2. The zero-order valence-electron chi connectivity index (χ0n) is 14.4. The van der Waals surface area contributed by atoms with Gasteiger partial charge in [0.25, 0.3) is 5.91 Å². The van der Waals surface area contributed by atoms with Crippen LogP contribution in [0.4, 0.5) is 39.0 Å². The third-order valence-corrected chi connectivity index (χ3v) is 4.43. The van der Waals surface area contributed by atoms with Gasteiger partial charge in [-0.05, 0) is 18.2 Å². The molecule has 13 heteroatoms. The highest BCUT2D eigenvalue weighted by Gasteiger charge is 2.46. The summed E-state index contributed by atoms with van der Waals surface area (Å²) in [5.41, 5.74) is -7.97.